The van der Waals surface area contributed by atoms with E-state index in [1.54, 1.807) is 12.1 Å². The van der Waals surface area contributed by atoms with Crippen LogP contribution in [0.5, 0.6) is 0 Å². The van der Waals surface area contributed by atoms with Gasteiger partial charge in [-0.3, -0.25) is 0 Å². The Labute approximate surface area is 115 Å². The number of carbonyl (C=O) groups excluding carboxylic acids is 1. The lowest BCUT2D eigenvalue weighted by Gasteiger charge is -2.15. The fraction of sp³-hybridized carbons (Fsp3) is 0.533. The molecule has 106 valence electrons. The number of anilines is 2. The number of carbonyl (C=O) groups is 1. The van der Waals surface area contributed by atoms with Crippen molar-refractivity contribution in [1.29, 1.82) is 0 Å². The predicted molar refractivity (Wildman–Crippen MR) is 79.6 cm³/mol. The molecule has 4 heteroatoms. The third-order valence-electron chi connectivity index (χ3n) is 2.98. The molecule has 2 N–H and O–H groups in total. The maximum Gasteiger partial charge on any atom is 0.338 e. The Morgan fingerprint density at radius 2 is 2.00 bits per heavy atom. The molecule has 0 atom stereocenters. The Morgan fingerprint density at radius 3 is 2.58 bits per heavy atom. The number of ether oxygens (including phenoxy) is 1. The summed E-state index contributed by atoms with van der Waals surface area (Å²) >= 11 is 0. The molecule has 4 nitrogen and oxygen atoms in total. The zero-order chi connectivity index (χ0) is 14.3. The largest absolute Gasteiger partial charge is 0.462 e. The average Bonchev–Trinajstić information content (AvgIpc) is 2.37. The highest BCUT2D eigenvalue weighted by Gasteiger charge is 2.10. The van der Waals surface area contributed by atoms with Crippen molar-refractivity contribution in [3.8, 4) is 0 Å². The molecule has 0 aromatic heterocycles. The minimum absolute atomic E-state index is 0.298. The molecule has 0 aliphatic rings. The molecule has 0 radical (unpaired) electrons. The first kappa shape index (κ1) is 15.3. The molecule has 0 spiro atoms. The van der Waals surface area contributed by atoms with Gasteiger partial charge in [-0.2, -0.15) is 0 Å². The first-order valence-electron chi connectivity index (χ1n) is 6.80. The van der Waals surface area contributed by atoms with Gasteiger partial charge in [0.25, 0.3) is 0 Å². The molecule has 0 heterocycles. The third-order valence-corrected chi connectivity index (χ3v) is 2.98. The molecule has 0 bridgehead atoms. The Balaban J connectivity index is 2.51. The standard InChI is InChI=1S/C15H24N2O2/c1-4-5-6-7-10-19-15(18)12-8-9-14(17(2)3)13(16)11-12/h8-9,11H,4-7,10,16H2,1-3H3. The van der Waals surface area contributed by atoms with Crippen molar-refractivity contribution in [1.82, 2.24) is 0 Å². The Bertz CT molecular complexity index is 417. The normalized spacial score (nSPS) is 10.3. The van der Waals surface area contributed by atoms with Crippen LogP contribution in [-0.2, 0) is 4.74 Å². The molecule has 0 fully saturated rings. The van der Waals surface area contributed by atoms with Crippen molar-refractivity contribution in [3.05, 3.63) is 23.8 Å². The van der Waals surface area contributed by atoms with E-state index in [2.05, 4.69) is 6.92 Å². The van der Waals surface area contributed by atoms with E-state index in [1.807, 2.05) is 25.1 Å². The minimum Gasteiger partial charge on any atom is -0.462 e. The van der Waals surface area contributed by atoms with Gasteiger partial charge >= 0.3 is 5.97 Å². The summed E-state index contributed by atoms with van der Waals surface area (Å²) in [7, 11) is 3.83. The van der Waals surface area contributed by atoms with E-state index in [-0.39, 0.29) is 5.97 Å². The fourth-order valence-electron chi connectivity index (χ4n) is 1.87. The van der Waals surface area contributed by atoms with Gasteiger partial charge in [0, 0.05) is 14.1 Å². The lowest BCUT2D eigenvalue weighted by atomic mass is 10.1. The van der Waals surface area contributed by atoms with Gasteiger partial charge in [0.2, 0.25) is 0 Å². The molecule has 0 unspecified atom stereocenters. The van der Waals surface area contributed by atoms with Gasteiger partial charge in [0.05, 0.1) is 23.5 Å². The van der Waals surface area contributed by atoms with Crippen molar-refractivity contribution >= 4 is 17.3 Å². The number of rotatable bonds is 7. The van der Waals surface area contributed by atoms with Crippen LogP contribution >= 0.6 is 0 Å². The smallest absolute Gasteiger partial charge is 0.338 e. The molecule has 0 saturated carbocycles. The first-order chi connectivity index (χ1) is 9.06. The van der Waals surface area contributed by atoms with Gasteiger partial charge in [-0.25, -0.2) is 4.79 Å². The molecule has 1 aromatic rings. The monoisotopic (exact) mass is 264 g/mol. The fourth-order valence-corrected chi connectivity index (χ4v) is 1.87. The highest BCUT2D eigenvalue weighted by atomic mass is 16.5. The van der Waals surface area contributed by atoms with Crippen molar-refractivity contribution < 1.29 is 9.53 Å². The number of esters is 1. The lowest BCUT2D eigenvalue weighted by molar-refractivity contribution is 0.0498. The Hall–Kier alpha value is -1.71. The van der Waals surface area contributed by atoms with E-state index in [1.165, 1.54) is 12.8 Å². The van der Waals surface area contributed by atoms with Crippen LogP contribution in [0.25, 0.3) is 0 Å². The number of nitrogen functional groups attached to an aromatic ring is 1. The van der Waals surface area contributed by atoms with Gasteiger partial charge in [0.15, 0.2) is 0 Å². The van der Waals surface area contributed by atoms with Crippen LogP contribution in [0.15, 0.2) is 18.2 Å². The van der Waals surface area contributed by atoms with Crippen LogP contribution in [-0.4, -0.2) is 26.7 Å². The number of nitrogens with two attached hydrogens (primary N) is 1. The zero-order valence-corrected chi connectivity index (χ0v) is 12.1. The minimum atomic E-state index is -0.298. The van der Waals surface area contributed by atoms with Crippen molar-refractivity contribution in [2.45, 2.75) is 32.6 Å². The first-order valence-corrected chi connectivity index (χ1v) is 6.80. The van der Waals surface area contributed by atoms with E-state index >= 15 is 0 Å². The van der Waals surface area contributed by atoms with Crippen LogP contribution in [0, 0.1) is 0 Å². The van der Waals surface area contributed by atoms with Gasteiger partial charge in [-0.05, 0) is 24.6 Å². The number of hydrogen-bond acceptors (Lipinski definition) is 4. The molecule has 19 heavy (non-hydrogen) atoms. The van der Waals surface area contributed by atoms with E-state index in [0.29, 0.717) is 17.9 Å². The van der Waals surface area contributed by atoms with Gasteiger partial charge in [-0.15, -0.1) is 0 Å². The molecule has 1 aromatic carbocycles. The van der Waals surface area contributed by atoms with Crippen LogP contribution in [0.2, 0.25) is 0 Å². The summed E-state index contributed by atoms with van der Waals surface area (Å²) < 4.78 is 5.22. The molecule has 0 aliphatic heterocycles. The summed E-state index contributed by atoms with van der Waals surface area (Å²) in [6, 6.07) is 5.26. The number of nitrogens with zero attached hydrogens (tertiary/aromatic N) is 1. The van der Waals surface area contributed by atoms with E-state index in [0.717, 1.165) is 18.5 Å². The predicted octanol–water partition coefficient (Wildman–Crippen LogP) is 3.07. The topological polar surface area (TPSA) is 55.6 Å². The second-order valence-electron chi connectivity index (χ2n) is 4.86. The summed E-state index contributed by atoms with van der Waals surface area (Å²) in [5.74, 6) is -0.298. The van der Waals surface area contributed by atoms with E-state index in [9.17, 15) is 4.79 Å². The maximum atomic E-state index is 11.8. The van der Waals surface area contributed by atoms with Crippen LogP contribution in [0.3, 0.4) is 0 Å². The third kappa shape index (κ3) is 4.81. The molecule has 0 saturated heterocycles. The van der Waals surface area contributed by atoms with Crippen molar-refractivity contribution in [2.24, 2.45) is 0 Å². The molecule has 0 aliphatic carbocycles. The summed E-state index contributed by atoms with van der Waals surface area (Å²) in [5, 5.41) is 0. The Kier molecular flexibility index (Phi) is 6.19. The average molecular weight is 264 g/mol. The van der Waals surface area contributed by atoms with Crippen molar-refractivity contribution in [3.63, 3.8) is 0 Å². The molecule has 1 rings (SSSR count). The van der Waals surface area contributed by atoms with E-state index < -0.39 is 0 Å². The Morgan fingerprint density at radius 1 is 1.26 bits per heavy atom. The summed E-state index contributed by atoms with van der Waals surface area (Å²) in [6.45, 7) is 2.63. The zero-order valence-electron chi connectivity index (χ0n) is 12.1. The van der Waals surface area contributed by atoms with Crippen LogP contribution in [0.4, 0.5) is 11.4 Å². The molecule has 0 amide bonds. The number of hydrogen-bond donors (Lipinski definition) is 1. The van der Waals surface area contributed by atoms with Gasteiger partial charge in [-0.1, -0.05) is 26.2 Å². The summed E-state index contributed by atoms with van der Waals surface area (Å²) in [6.07, 6.45) is 4.38. The highest BCUT2D eigenvalue weighted by molar-refractivity contribution is 5.92. The second kappa shape index (κ2) is 7.67. The summed E-state index contributed by atoms with van der Waals surface area (Å²) in [4.78, 5) is 13.7. The number of benzene rings is 1. The second-order valence-corrected chi connectivity index (χ2v) is 4.86. The SMILES string of the molecule is CCCCCCOC(=O)c1ccc(N(C)C)c(N)c1. The quantitative estimate of drug-likeness (QED) is 0.467. The molecular weight excluding hydrogens is 240 g/mol. The highest BCUT2D eigenvalue weighted by Crippen LogP contribution is 2.22. The molecular formula is C15H24N2O2. The van der Waals surface area contributed by atoms with Crippen LogP contribution < -0.4 is 10.6 Å². The van der Waals surface area contributed by atoms with Gasteiger partial charge < -0.3 is 15.4 Å². The summed E-state index contributed by atoms with van der Waals surface area (Å²) in [5.41, 5.74) is 7.91. The van der Waals surface area contributed by atoms with Gasteiger partial charge in [0.1, 0.15) is 0 Å². The number of unbranched alkanes of at least 4 members (excludes halogenated alkanes) is 3. The van der Waals surface area contributed by atoms with E-state index in [4.69, 9.17) is 10.5 Å². The maximum absolute atomic E-state index is 11.8. The van der Waals surface area contributed by atoms with Crippen molar-refractivity contribution in [2.75, 3.05) is 31.3 Å². The lowest BCUT2D eigenvalue weighted by Crippen LogP contribution is -2.12. The van der Waals surface area contributed by atoms with Crippen LogP contribution in [0.1, 0.15) is 43.0 Å².